The summed E-state index contributed by atoms with van der Waals surface area (Å²) in [6.45, 7) is 3.59. The van der Waals surface area contributed by atoms with Crippen LogP contribution in [0.3, 0.4) is 0 Å². The molecule has 19 heteroatoms. The fourth-order valence-corrected chi connectivity index (χ4v) is 6.27. The van der Waals surface area contributed by atoms with Crippen molar-refractivity contribution in [1.29, 1.82) is 0 Å². The van der Waals surface area contributed by atoms with Crippen LogP contribution in [0.15, 0.2) is 42.9 Å². The van der Waals surface area contributed by atoms with E-state index in [0.717, 1.165) is 43.0 Å². The van der Waals surface area contributed by atoms with Crippen molar-refractivity contribution < 1.29 is 32.3 Å². The number of nitrogens with zero attached hydrogens (tertiary/aromatic N) is 8. The predicted octanol–water partition coefficient (Wildman–Crippen LogP) is 2.61. The van der Waals surface area contributed by atoms with Crippen molar-refractivity contribution in [2.75, 3.05) is 57.7 Å². The number of imidazole rings is 1. The van der Waals surface area contributed by atoms with Crippen LogP contribution in [0.4, 0.5) is 18.9 Å². The number of carbonyl (C=O) groups excluding carboxylic acids is 3. The number of piperidine rings is 1. The second kappa shape index (κ2) is 15.0. The van der Waals surface area contributed by atoms with E-state index >= 15 is 0 Å². The third kappa shape index (κ3) is 7.82. The van der Waals surface area contributed by atoms with Crippen molar-refractivity contribution in [2.45, 2.75) is 19.0 Å². The summed E-state index contributed by atoms with van der Waals surface area (Å²) in [4.78, 5) is 55.1. The van der Waals surface area contributed by atoms with Gasteiger partial charge in [-0.05, 0) is 44.1 Å². The lowest BCUT2D eigenvalue weighted by Crippen LogP contribution is -2.52. The molecule has 270 valence electrons. The molecular formula is C32H35ClF3N11O4. The molecule has 0 atom stereocenters. The number of aromatic nitrogens is 6. The summed E-state index contributed by atoms with van der Waals surface area (Å²) in [6.07, 6.45) is 0.272. The number of rotatable bonds is 9. The predicted molar refractivity (Wildman–Crippen MR) is 178 cm³/mol. The molecular weight excluding hydrogens is 695 g/mol. The van der Waals surface area contributed by atoms with Gasteiger partial charge in [-0.1, -0.05) is 11.6 Å². The molecule has 1 aromatic carbocycles. The molecule has 4 aromatic rings. The first-order chi connectivity index (χ1) is 24.4. The molecule has 2 fully saturated rings. The molecule has 4 N–H and O–H groups in total. The van der Waals surface area contributed by atoms with Gasteiger partial charge in [0, 0.05) is 69.8 Å². The lowest BCUT2D eigenvalue weighted by Gasteiger charge is -2.37. The summed E-state index contributed by atoms with van der Waals surface area (Å²) in [5.74, 6) is -1.18. The quantitative estimate of drug-likeness (QED) is 0.232. The van der Waals surface area contributed by atoms with Crippen LogP contribution in [0.25, 0.3) is 17.2 Å². The average molecular weight is 730 g/mol. The van der Waals surface area contributed by atoms with Crippen molar-refractivity contribution in [1.82, 2.24) is 44.4 Å². The molecule has 3 aromatic heterocycles. The number of ether oxygens (including phenoxy) is 1. The topological polar surface area (TPSA) is 178 Å². The Balaban J connectivity index is 1.14. The summed E-state index contributed by atoms with van der Waals surface area (Å²) in [7, 11) is 1.39. The fraction of sp³-hybridized carbons (Fsp3) is 0.406. The van der Waals surface area contributed by atoms with E-state index in [-0.39, 0.29) is 76.1 Å². The standard InChI is InChI=1S/C32H35ClF3N11O4/c1-44-24(22-18-47(43-26(22)32(34,35)36)31-39-10-6-25(42-31)51-15-7-37)17-40-27(44)28(48)41-20-2-3-21(23(33)16-20)30(50)46-13-11-45(12-14-46)29(49)19-4-8-38-9-5-19/h2-3,6,10,16-19,38H,4-5,7-9,11-15,37H2,1H3,(H,41,48). The maximum absolute atomic E-state index is 14.1. The first kappa shape index (κ1) is 35.7. The van der Waals surface area contributed by atoms with Gasteiger partial charge in [-0.25, -0.2) is 14.6 Å². The number of carbonyl (C=O) groups is 3. The lowest BCUT2D eigenvalue weighted by molar-refractivity contribution is -0.141. The van der Waals surface area contributed by atoms with Gasteiger partial charge in [0.25, 0.3) is 17.8 Å². The Hall–Kier alpha value is -5.07. The largest absolute Gasteiger partial charge is 0.476 e. The molecule has 0 spiro atoms. The van der Waals surface area contributed by atoms with Crippen LogP contribution in [0.2, 0.25) is 5.02 Å². The van der Waals surface area contributed by atoms with Gasteiger partial charge < -0.3 is 35.5 Å². The van der Waals surface area contributed by atoms with Gasteiger partial charge in [0.15, 0.2) is 11.5 Å². The molecule has 2 saturated heterocycles. The molecule has 2 aliphatic heterocycles. The highest BCUT2D eigenvalue weighted by atomic mass is 35.5. The summed E-state index contributed by atoms with van der Waals surface area (Å²) in [5.41, 5.74) is 4.25. The molecule has 2 aliphatic rings. The van der Waals surface area contributed by atoms with Gasteiger partial charge in [-0.2, -0.15) is 23.3 Å². The molecule has 5 heterocycles. The molecule has 3 amide bonds. The van der Waals surface area contributed by atoms with Crippen LogP contribution in [-0.4, -0.2) is 109 Å². The Morgan fingerprint density at radius 2 is 1.80 bits per heavy atom. The van der Waals surface area contributed by atoms with Crippen molar-refractivity contribution in [3.8, 4) is 23.1 Å². The van der Waals surface area contributed by atoms with Gasteiger partial charge in [0.2, 0.25) is 11.8 Å². The van der Waals surface area contributed by atoms with E-state index in [1.54, 1.807) is 4.90 Å². The minimum absolute atomic E-state index is 0.00521. The van der Waals surface area contributed by atoms with Gasteiger partial charge in [0.05, 0.1) is 28.0 Å². The van der Waals surface area contributed by atoms with E-state index < -0.39 is 17.8 Å². The van der Waals surface area contributed by atoms with Gasteiger partial charge in [0.1, 0.15) is 6.61 Å². The van der Waals surface area contributed by atoms with Crippen LogP contribution in [0, 0.1) is 5.92 Å². The molecule has 0 aliphatic carbocycles. The second-order valence-electron chi connectivity index (χ2n) is 12.0. The smallest absolute Gasteiger partial charge is 0.435 e. The van der Waals surface area contributed by atoms with Crippen molar-refractivity contribution in [2.24, 2.45) is 18.7 Å². The monoisotopic (exact) mass is 729 g/mol. The summed E-state index contributed by atoms with van der Waals surface area (Å²) < 4.78 is 49.8. The number of hydrogen-bond acceptors (Lipinski definition) is 10. The Morgan fingerprint density at radius 3 is 2.49 bits per heavy atom. The highest BCUT2D eigenvalue weighted by Gasteiger charge is 2.39. The minimum atomic E-state index is -4.87. The maximum atomic E-state index is 14.1. The Morgan fingerprint density at radius 1 is 1.08 bits per heavy atom. The van der Waals surface area contributed by atoms with E-state index in [4.69, 9.17) is 22.1 Å². The SMILES string of the molecule is Cn1c(-c2cn(-c3nccc(OCCN)n3)nc2C(F)(F)F)cnc1C(=O)Nc1ccc(C(=O)N2CCN(C(=O)C3CCNCC3)CC2)c(Cl)c1. The van der Waals surface area contributed by atoms with E-state index in [2.05, 4.69) is 30.7 Å². The van der Waals surface area contributed by atoms with Gasteiger partial charge in [-0.3, -0.25) is 14.4 Å². The van der Waals surface area contributed by atoms with Crippen molar-refractivity contribution in [3.05, 3.63) is 65.0 Å². The van der Waals surface area contributed by atoms with Crippen LogP contribution in [0.5, 0.6) is 5.88 Å². The number of piperazine rings is 1. The molecule has 0 unspecified atom stereocenters. The van der Waals surface area contributed by atoms with Crippen LogP contribution >= 0.6 is 11.6 Å². The average Bonchev–Trinajstić information content (AvgIpc) is 3.75. The van der Waals surface area contributed by atoms with E-state index in [9.17, 15) is 27.6 Å². The summed E-state index contributed by atoms with van der Waals surface area (Å²) >= 11 is 6.49. The number of halogens is 4. The first-order valence-electron chi connectivity index (χ1n) is 16.2. The third-order valence-corrected chi connectivity index (χ3v) is 8.98. The number of alkyl halides is 3. The van der Waals surface area contributed by atoms with Crippen LogP contribution in [-0.2, 0) is 18.0 Å². The zero-order valence-electron chi connectivity index (χ0n) is 27.5. The lowest BCUT2D eigenvalue weighted by atomic mass is 9.96. The zero-order valence-corrected chi connectivity index (χ0v) is 28.2. The number of anilines is 1. The third-order valence-electron chi connectivity index (χ3n) is 8.66. The second-order valence-corrected chi connectivity index (χ2v) is 12.4. The van der Waals surface area contributed by atoms with Crippen molar-refractivity contribution >= 4 is 35.0 Å². The molecule has 0 bridgehead atoms. The van der Waals surface area contributed by atoms with E-state index in [0.29, 0.717) is 26.2 Å². The molecule has 15 nitrogen and oxygen atoms in total. The number of nitrogens with two attached hydrogens (primary N) is 1. The zero-order chi connectivity index (χ0) is 36.3. The summed E-state index contributed by atoms with van der Waals surface area (Å²) in [6, 6.07) is 5.82. The Bertz CT molecular complexity index is 1920. The number of amides is 3. The normalized spacial score (nSPS) is 15.6. The molecule has 0 saturated carbocycles. The minimum Gasteiger partial charge on any atom is -0.476 e. The number of benzene rings is 1. The first-order valence-corrected chi connectivity index (χ1v) is 16.6. The van der Waals surface area contributed by atoms with Crippen LogP contribution in [0.1, 0.15) is 39.5 Å². The fourth-order valence-electron chi connectivity index (χ4n) is 6.01. The Kier molecular flexibility index (Phi) is 10.5. The van der Waals surface area contributed by atoms with E-state index in [1.807, 2.05) is 4.90 Å². The molecule has 51 heavy (non-hydrogen) atoms. The number of hydrogen-bond donors (Lipinski definition) is 3. The Labute approximate surface area is 294 Å². The molecule has 6 rings (SSSR count). The van der Waals surface area contributed by atoms with Gasteiger partial charge >= 0.3 is 6.18 Å². The van der Waals surface area contributed by atoms with Crippen molar-refractivity contribution in [3.63, 3.8) is 0 Å². The van der Waals surface area contributed by atoms with Crippen LogP contribution < -0.4 is 21.1 Å². The number of nitrogens with one attached hydrogen (secondary N) is 2. The van der Waals surface area contributed by atoms with Gasteiger partial charge in [-0.15, -0.1) is 0 Å². The maximum Gasteiger partial charge on any atom is 0.435 e. The molecule has 0 radical (unpaired) electrons. The summed E-state index contributed by atoms with van der Waals surface area (Å²) in [5, 5.41) is 9.67. The highest BCUT2D eigenvalue weighted by Crippen LogP contribution is 2.37. The highest BCUT2D eigenvalue weighted by molar-refractivity contribution is 6.34. The van der Waals surface area contributed by atoms with E-state index in [1.165, 1.54) is 42.1 Å².